The Hall–Kier alpha value is -2.29. The molecule has 1 unspecified atom stereocenters. The van der Waals surface area contributed by atoms with Gasteiger partial charge in [-0.15, -0.1) is 0 Å². The van der Waals surface area contributed by atoms with E-state index in [0.717, 1.165) is 24.5 Å². The molecule has 0 amide bonds. The molecule has 1 aliphatic rings. The zero-order valence-electron chi connectivity index (χ0n) is 13.8. The van der Waals surface area contributed by atoms with Gasteiger partial charge in [0.25, 0.3) is 5.69 Å². The van der Waals surface area contributed by atoms with Crippen molar-refractivity contribution in [1.82, 2.24) is 9.78 Å². The Morgan fingerprint density at radius 2 is 2.15 bits per heavy atom. The summed E-state index contributed by atoms with van der Waals surface area (Å²) < 4.78 is 40.6. The van der Waals surface area contributed by atoms with Crippen LogP contribution < -0.4 is 4.90 Å². The second-order valence-electron chi connectivity index (χ2n) is 6.40. The van der Waals surface area contributed by atoms with E-state index in [1.807, 2.05) is 13.2 Å². The summed E-state index contributed by atoms with van der Waals surface area (Å²) in [5, 5.41) is 14.9. The predicted octanol–water partition coefficient (Wildman–Crippen LogP) is 4.07. The Morgan fingerprint density at radius 3 is 2.73 bits per heavy atom. The van der Waals surface area contributed by atoms with E-state index in [2.05, 4.69) is 5.10 Å². The highest BCUT2D eigenvalue weighted by Crippen LogP contribution is 2.42. The molecule has 0 bridgehead atoms. The number of aryl methyl sites for hydroxylation is 1. The molecular weight excluding hydrogens is 373 g/mol. The molecule has 1 fully saturated rings. The van der Waals surface area contributed by atoms with Gasteiger partial charge >= 0.3 is 6.18 Å². The first-order valence-electron chi connectivity index (χ1n) is 7.92. The van der Waals surface area contributed by atoms with Crippen LogP contribution in [0.25, 0.3) is 0 Å². The molecule has 0 N–H and O–H groups in total. The lowest BCUT2D eigenvalue weighted by atomic mass is 10.0. The van der Waals surface area contributed by atoms with Gasteiger partial charge in [0.05, 0.1) is 21.7 Å². The fraction of sp³-hybridized carbons (Fsp3) is 0.438. The minimum atomic E-state index is -4.74. The van der Waals surface area contributed by atoms with E-state index >= 15 is 0 Å². The van der Waals surface area contributed by atoms with Crippen molar-refractivity contribution in [1.29, 1.82) is 0 Å². The van der Waals surface area contributed by atoms with Crippen LogP contribution >= 0.6 is 11.6 Å². The normalized spacial score (nSPS) is 17.7. The summed E-state index contributed by atoms with van der Waals surface area (Å²) in [4.78, 5) is 12.2. The predicted molar refractivity (Wildman–Crippen MR) is 90.3 cm³/mol. The van der Waals surface area contributed by atoms with E-state index < -0.39 is 27.4 Å². The molecule has 1 atom stereocenters. The number of alkyl halides is 3. The quantitative estimate of drug-likeness (QED) is 0.585. The Morgan fingerprint density at radius 1 is 1.42 bits per heavy atom. The van der Waals surface area contributed by atoms with Crippen molar-refractivity contribution in [3.8, 4) is 0 Å². The zero-order valence-corrected chi connectivity index (χ0v) is 14.6. The summed E-state index contributed by atoms with van der Waals surface area (Å²) in [7, 11) is 1.82. The lowest BCUT2D eigenvalue weighted by Crippen LogP contribution is -2.22. The fourth-order valence-electron chi connectivity index (χ4n) is 3.30. The Kier molecular flexibility index (Phi) is 4.83. The van der Waals surface area contributed by atoms with Gasteiger partial charge in [0.15, 0.2) is 0 Å². The number of nitrogens with zero attached hydrogens (tertiary/aromatic N) is 4. The largest absolute Gasteiger partial charge is 0.418 e. The molecule has 0 saturated carbocycles. The minimum absolute atomic E-state index is 0.127. The van der Waals surface area contributed by atoms with Crippen LogP contribution in [0.15, 0.2) is 24.5 Å². The van der Waals surface area contributed by atoms with Crippen LogP contribution in [-0.4, -0.2) is 27.8 Å². The molecule has 1 aliphatic heterocycles. The van der Waals surface area contributed by atoms with E-state index in [4.69, 9.17) is 11.6 Å². The van der Waals surface area contributed by atoms with Crippen molar-refractivity contribution < 1.29 is 18.1 Å². The van der Waals surface area contributed by atoms with E-state index in [0.29, 0.717) is 19.2 Å². The van der Waals surface area contributed by atoms with Gasteiger partial charge in [-0.25, -0.2) is 0 Å². The number of benzene rings is 1. The number of rotatable bonds is 4. The Labute approximate surface area is 152 Å². The van der Waals surface area contributed by atoms with Crippen molar-refractivity contribution in [2.24, 2.45) is 13.0 Å². The molecule has 26 heavy (non-hydrogen) atoms. The van der Waals surface area contributed by atoms with Crippen molar-refractivity contribution in [2.45, 2.75) is 19.0 Å². The smallest absolute Gasteiger partial charge is 0.366 e. The maximum absolute atomic E-state index is 13.0. The molecule has 3 rings (SSSR count). The van der Waals surface area contributed by atoms with E-state index in [1.165, 1.54) is 0 Å². The zero-order chi connectivity index (χ0) is 19.1. The van der Waals surface area contributed by atoms with Crippen LogP contribution in [0.3, 0.4) is 0 Å². The minimum Gasteiger partial charge on any atom is -0.366 e. The third-order valence-corrected chi connectivity index (χ3v) is 4.79. The molecular formula is C16H16ClF3N4O2. The van der Waals surface area contributed by atoms with Crippen molar-refractivity contribution in [2.75, 3.05) is 18.0 Å². The van der Waals surface area contributed by atoms with Crippen LogP contribution in [0.4, 0.5) is 24.5 Å². The summed E-state index contributed by atoms with van der Waals surface area (Å²) in [5.41, 5.74) is -0.592. The van der Waals surface area contributed by atoms with Gasteiger partial charge in [0.1, 0.15) is 5.69 Å². The monoisotopic (exact) mass is 388 g/mol. The number of hydrogen-bond acceptors (Lipinski definition) is 4. The maximum atomic E-state index is 13.0. The lowest BCUT2D eigenvalue weighted by Gasteiger charge is -2.20. The molecule has 2 heterocycles. The topological polar surface area (TPSA) is 64.2 Å². The second kappa shape index (κ2) is 6.79. The van der Waals surface area contributed by atoms with Crippen molar-refractivity contribution in [3.63, 3.8) is 0 Å². The first-order chi connectivity index (χ1) is 12.1. The van der Waals surface area contributed by atoms with E-state index in [-0.39, 0.29) is 11.6 Å². The van der Waals surface area contributed by atoms with Gasteiger partial charge in [-0.05, 0) is 30.4 Å². The van der Waals surface area contributed by atoms with Crippen LogP contribution in [-0.2, 0) is 19.6 Å². The first kappa shape index (κ1) is 18.5. The van der Waals surface area contributed by atoms with Crippen LogP contribution in [0, 0.1) is 16.0 Å². The highest BCUT2D eigenvalue weighted by Gasteiger charge is 2.37. The molecule has 10 heteroatoms. The van der Waals surface area contributed by atoms with Gasteiger partial charge in [-0.3, -0.25) is 14.8 Å². The average Bonchev–Trinajstić information content (AvgIpc) is 3.15. The molecule has 1 aromatic heterocycles. The summed E-state index contributed by atoms with van der Waals surface area (Å²) >= 11 is 5.76. The summed E-state index contributed by atoms with van der Waals surface area (Å²) in [6.07, 6.45) is 0.464. The molecule has 6 nitrogen and oxygen atoms in total. The van der Waals surface area contributed by atoms with E-state index in [1.54, 1.807) is 15.8 Å². The van der Waals surface area contributed by atoms with Gasteiger partial charge < -0.3 is 4.90 Å². The second-order valence-corrected chi connectivity index (χ2v) is 6.81. The van der Waals surface area contributed by atoms with Crippen LogP contribution in [0.5, 0.6) is 0 Å². The number of hydrogen-bond donors (Lipinski definition) is 0. The number of aromatic nitrogens is 2. The molecule has 1 aromatic carbocycles. The van der Waals surface area contributed by atoms with Crippen molar-refractivity contribution in [3.05, 3.63) is 50.8 Å². The lowest BCUT2D eigenvalue weighted by molar-refractivity contribution is -0.384. The molecule has 2 aromatic rings. The molecule has 0 radical (unpaired) electrons. The third-order valence-electron chi connectivity index (χ3n) is 4.48. The summed E-state index contributed by atoms with van der Waals surface area (Å²) in [6, 6.07) is 1.57. The van der Waals surface area contributed by atoms with Crippen LogP contribution in [0.1, 0.15) is 17.5 Å². The highest BCUT2D eigenvalue weighted by molar-refractivity contribution is 6.31. The Balaban J connectivity index is 1.85. The van der Waals surface area contributed by atoms with Crippen molar-refractivity contribution >= 4 is 23.0 Å². The number of nitro groups is 1. The molecule has 140 valence electrons. The SMILES string of the molecule is Cn1cc(CC2CCN(c3cc(Cl)c(C(F)(F)F)cc3[N+](=O)[O-])C2)cn1. The fourth-order valence-corrected chi connectivity index (χ4v) is 3.56. The van der Waals surface area contributed by atoms with Crippen LogP contribution in [0.2, 0.25) is 5.02 Å². The molecule has 0 aliphatic carbocycles. The van der Waals surface area contributed by atoms with Gasteiger partial charge in [-0.2, -0.15) is 18.3 Å². The standard InChI is InChI=1S/C16H16ClF3N4O2/c1-22-8-11(7-21-22)4-10-2-3-23(9-10)14-6-13(17)12(16(18,19)20)5-15(14)24(25)26/h5-8,10H,2-4,9H2,1H3. The number of halogens is 4. The first-order valence-corrected chi connectivity index (χ1v) is 8.30. The van der Waals surface area contributed by atoms with Gasteiger partial charge in [-0.1, -0.05) is 11.6 Å². The van der Waals surface area contributed by atoms with Gasteiger partial charge in [0, 0.05) is 32.4 Å². The Bertz CT molecular complexity index is 837. The average molecular weight is 389 g/mol. The summed E-state index contributed by atoms with van der Waals surface area (Å²) in [6.45, 7) is 1.03. The van der Waals surface area contributed by atoms with E-state index in [9.17, 15) is 23.3 Å². The highest BCUT2D eigenvalue weighted by atomic mass is 35.5. The third kappa shape index (κ3) is 3.77. The number of anilines is 1. The van der Waals surface area contributed by atoms with Gasteiger partial charge in [0.2, 0.25) is 0 Å². The summed E-state index contributed by atoms with van der Waals surface area (Å²) in [5.74, 6) is 0.236. The number of nitro benzene ring substituents is 1. The molecule has 1 saturated heterocycles. The maximum Gasteiger partial charge on any atom is 0.418 e. The molecule has 0 spiro atoms.